The Morgan fingerprint density at radius 2 is 1.88 bits per heavy atom. The maximum absolute atomic E-state index is 5.30. The quantitative estimate of drug-likeness (QED) is 0.625. The minimum atomic E-state index is 0.648. The van der Waals surface area contributed by atoms with Crippen LogP contribution in [0.4, 0.5) is 0 Å². The summed E-state index contributed by atoms with van der Waals surface area (Å²) in [7, 11) is 1.74. The molecule has 0 unspecified atom stereocenters. The van der Waals surface area contributed by atoms with Crippen molar-refractivity contribution in [3.05, 3.63) is 42.2 Å². The third kappa shape index (κ3) is 3.30. The monoisotopic (exact) mass is 325 g/mol. The number of ether oxygens (including phenoxy) is 1. The highest BCUT2D eigenvalue weighted by Crippen LogP contribution is 2.29. The zero-order valence-electron chi connectivity index (χ0n) is 15.0. The maximum Gasteiger partial charge on any atom is 0.0713 e. The molecular formula is C20H27N3O. The lowest BCUT2D eigenvalue weighted by Crippen LogP contribution is -2.24. The van der Waals surface area contributed by atoms with Crippen LogP contribution in [0.1, 0.15) is 25.8 Å². The molecule has 4 nitrogen and oxygen atoms in total. The highest BCUT2D eigenvalue weighted by molar-refractivity contribution is 6.07. The second kappa shape index (κ2) is 7.77. The fraction of sp³-hybridized carbons (Fsp3) is 0.450. The van der Waals surface area contributed by atoms with Crippen LogP contribution in [0.2, 0.25) is 0 Å². The van der Waals surface area contributed by atoms with Crippen molar-refractivity contribution in [2.45, 2.75) is 33.4 Å². The lowest BCUT2D eigenvalue weighted by Gasteiger charge is -2.18. The van der Waals surface area contributed by atoms with Gasteiger partial charge in [0.2, 0.25) is 0 Å². The molecule has 2 heterocycles. The normalized spacial score (nSPS) is 11.8. The van der Waals surface area contributed by atoms with Crippen molar-refractivity contribution in [3.63, 3.8) is 0 Å². The van der Waals surface area contributed by atoms with Crippen molar-refractivity contribution >= 4 is 21.8 Å². The van der Waals surface area contributed by atoms with E-state index in [0.29, 0.717) is 6.61 Å². The topological polar surface area (TPSA) is 30.3 Å². The van der Waals surface area contributed by atoms with Gasteiger partial charge in [0.1, 0.15) is 0 Å². The number of fused-ring (bicyclic) bond motifs is 3. The first-order valence-electron chi connectivity index (χ1n) is 8.84. The number of nitrogens with zero attached hydrogens (tertiary/aromatic N) is 3. The van der Waals surface area contributed by atoms with Crippen molar-refractivity contribution < 1.29 is 4.74 Å². The Morgan fingerprint density at radius 1 is 1.08 bits per heavy atom. The number of rotatable bonds is 8. The minimum absolute atomic E-state index is 0.648. The van der Waals surface area contributed by atoms with E-state index < -0.39 is 0 Å². The highest BCUT2D eigenvalue weighted by Gasteiger charge is 2.11. The summed E-state index contributed by atoms with van der Waals surface area (Å²) in [5.41, 5.74) is 3.72. The SMILES string of the molecule is CCN(CC)CCCn1c2cnccc2c2ccc(COC)cc21. The average molecular weight is 325 g/mol. The number of aryl methyl sites for hydroxylation is 1. The molecule has 0 aliphatic carbocycles. The molecule has 0 aliphatic rings. The van der Waals surface area contributed by atoms with Crippen molar-refractivity contribution in [1.29, 1.82) is 0 Å². The molecule has 0 saturated carbocycles. The van der Waals surface area contributed by atoms with Crippen molar-refractivity contribution in [2.75, 3.05) is 26.7 Å². The number of hydrogen-bond acceptors (Lipinski definition) is 3. The van der Waals surface area contributed by atoms with E-state index in [4.69, 9.17) is 4.74 Å². The van der Waals surface area contributed by atoms with E-state index >= 15 is 0 Å². The Bertz CT molecular complexity index is 805. The Labute approximate surface area is 144 Å². The summed E-state index contributed by atoms with van der Waals surface area (Å²) in [5, 5.41) is 2.59. The Kier molecular flexibility index (Phi) is 5.48. The number of aromatic nitrogens is 2. The molecule has 0 atom stereocenters. The third-order valence-corrected chi connectivity index (χ3v) is 4.80. The summed E-state index contributed by atoms with van der Waals surface area (Å²) >= 11 is 0. The van der Waals surface area contributed by atoms with E-state index in [9.17, 15) is 0 Å². The number of benzene rings is 1. The molecule has 2 aromatic heterocycles. The van der Waals surface area contributed by atoms with Crippen LogP contribution in [0.15, 0.2) is 36.7 Å². The molecule has 0 aliphatic heterocycles. The molecule has 3 rings (SSSR count). The molecule has 128 valence electrons. The lowest BCUT2D eigenvalue weighted by molar-refractivity contribution is 0.185. The average Bonchev–Trinajstić information content (AvgIpc) is 2.93. The highest BCUT2D eigenvalue weighted by atomic mass is 16.5. The molecule has 0 radical (unpaired) electrons. The summed E-state index contributed by atoms with van der Waals surface area (Å²) in [6.07, 6.45) is 5.01. The van der Waals surface area contributed by atoms with Crippen LogP contribution in [-0.4, -0.2) is 41.2 Å². The van der Waals surface area contributed by atoms with Crippen LogP contribution >= 0.6 is 0 Å². The predicted molar refractivity (Wildman–Crippen MR) is 100 cm³/mol. The van der Waals surface area contributed by atoms with Crippen molar-refractivity contribution in [1.82, 2.24) is 14.5 Å². The molecular weight excluding hydrogens is 298 g/mol. The Balaban J connectivity index is 1.97. The van der Waals surface area contributed by atoms with Gasteiger partial charge in [0.05, 0.1) is 18.3 Å². The van der Waals surface area contributed by atoms with E-state index in [0.717, 1.165) is 32.6 Å². The number of pyridine rings is 1. The summed E-state index contributed by atoms with van der Waals surface area (Å²) in [4.78, 5) is 6.82. The maximum atomic E-state index is 5.30. The van der Waals surface area contributed by atoms with E-state index in [-0.39, 0.29) is 0 Å². The summed E-state index contributed by atoms with van der Waals surface area (Å²) in [5.74, 6) is 0. The molecule has 0 amide bonds. The smallest absolute Gasteiger partial charge is 0.0713 e. The van der Waals surface area contributed by atoms with E-state index in [2.05, 4.69) is 52.6 Å². The second-order valence-corrected chi connectivity index (χ2v) is 6.21. The van der Waals surface area contributed by atoms with Gasteiger partial charge in [-0.3, -0.25) is 4.98 Å². The van der Waals surface area contributed by atoms with E-state index in [1.165, 1.54) is 27.4 Å². The van der Waals surface area contributed by atoms with Crippen LogP contribution in [0.25, 0.3) is 21.8 Å². The van der Waals surface area contributed by atoms with E-state index in [1.807, 2.05) is 12.4 Å². The predicted octanol–water partition coefficient (Wildman–Crippen LogP) is 4.07. The number of hydrogen-bond donors (Lipinski definition) is 0. The van der Waals surface area contributed by atoms with Crippen molar-refractivity contribution in [2.24, 2.45) is 0 Å². The van der Waals surface area contributed by atoms with Crippen LogP contribution in [-0.2, 0) is 17.9 Å². The second-order valence-electron chi connectivity index (χ2n) is 6.21. The number of methoxy groups -OCH3 is 1. The van der Waals surface area contributed by atoms with Gasteiger partial charge >= 0.3 is 0 Å². The zero-order chi connectivity index (χ0) is 16.9. The summed E-state index contributed by atoms with van der Waals surface area (Å²) in [6.45, 7) is 9.47. The molecule has 0 bridgehead atoms. The van der Waals surface area contributed by atoms with Crippen LogP contribution < -0.4 is 0 Å². The summed E-state index contributed by atoms with van der Waals surface area (Å²) in [6, 6.07) is 8.75. The molecule has 0 fully saturated rings. The van der Waals surface area contributed by atoms with Crippen LogP contribution in [0.5, 0.6) is 0 Å². The fourth-order valence-electron chi connectivity index (χ4n) is 3.48. The van der Waals surface area contributed by atoms with Gasteiger partial charge in [-0.05, 0) is 43.8 Å². The van der Waals surface area contributed by atoms with Gasteiger partial charge in [0.15, 0.2) is 0 Å². The fourth-order valence-corrected chi connectivity index (χ4v) is 3.48. The first kappa shape index (κ1) is 16.9. The van der Waals surface area contributed by atoms with Gasteiger partial charge in [-0.25, -0.2) is 0 Å². The zero-order valence-corrected chi connectivity index (χ0v) is 15.0. The lowest BCUT2D eigenvalue weighted by atomic mass is 10.1. The summed E-state index contributed by atoms with van der Waals surface area (Å²) < 4.78 is 7.72. The first-order valence-corrected chi connectivity index (χ1v) is 8.84. The van der Waals surface area contributed by atoms with E-state index in [1.54, 1.807) is 7.11 Å². The third-order valence-electron chi connectivity index (χ3n) is 4.80. The molecule has 3 aromatic rings. The molecule has 24 heavy (non-hydrogen) atoms. The Hall–Kier alpha value is -1.91. The molecule has 0 spiro atoms. The van der Waals surface area contributed by atoms with Gasteiger partial charge < -0.3 is 14.2 Å². The minimum Gasteiger partial charge on any atom is -0.380 e. The molecule has 1 aromatic carbocycles. The van der Waals surface area contributed by atoms with Gasteiger partial charge in [-0.1, -0.05) is 26.0 Å². The Morgan fingerprint density at radius 3 is 2.62 bits per heavy atom. The standard InChI is InChI=1S/C20H27N3O/c1-4-22(5-2)11-6-12-23-19-13-16(15-24-3)7-8-17(19)18-9-10-21-14-20(18)23/h7-10,13-14H,4-6,11-12,15H2,1-3H3. The largest absolute Gasteiger partial charge is 0.380 e. The molecule has 4 heteroatoms. The van der Waals surface area contributed by atoms with Crippen LogP contribution in [0.3, 0.4) is 0 Å². The molecule has 0 saturated heterocycles. The van der Waals surface area contributed by atoms with Crippen molar-refractivity contribution in [3.8, 4) is 0 Å². The first-order chi connectivity index (χ1) is 11.8. The van der Waals surface area contributed by atoms with Gasteiger partial charge in [0, 0.05) is 36.1 Å². The molecule has 0 N–H and O–H groups in total. The van der Waals surface area contributed by atoms with Gasteiger partial charge in [0.25, 0.3) is 0 Å². The van der Waals surface area contributed by atoms with Gasteiger partial charge in [-0.2, -0.15) is 0 Å². The van der Waals surface area contributed by atoms with Crippen LogP contribution in [0, 0.1) is 0 Å². The van der Waals surface area contributed by atoms with Gasteiger partial charge in [-0.15, -0.1) is 0 Å².